The smallest absolute Gasteiger partial charge is 0.167 e. The molecule has 0 saturated heterocycles. The SMILES string of the molecule is Nc1ccc(C(=O)Cc2ccc(F)c(Cl)c2)cc1. The van der Waals surface area contributed by atoms with Crippen molar-refractivity contribution in [3.8, 4) is 0 Å². The van der Waals surface area contributed by atoms with Crippen molar-refractivity contribution in [2.75, 3.05) is 5.73 Å². The van der Waals surface area contributed by atoms with E-state index in [9.17, 15) is 9.18 Å². The van der Waals surface area contributed by atoms with E-state index in [2.05, 4.69) is 0 Å². The third-order valence-corrected chi connectivity index (χ3v) is 2.87. The van der Waals surface area contributed by atoms with Crippen LogP contribution in [0.15, 0.2) is 42.5 Å². The lowest BCUT2D eigenvalue weighted by molar-refractivity contribution is 0.0993. The lowest BCUT2D eigenvalue weighted by atomic mass is 10.0. The molecule has 0 amide bonds. The Morgan fingerprint density at radius 1 is 1.17 bits per heavy atom. The van der Waals surface area contributed by atoms with E-state index < -0.39 is 5.82 Å². The molecule has 0 aliphatic heterocycles. The topological polar surface area (TPSA) is 43.1 Å². The summed E-state index contributed by atoms with van der Waals surface area (Å²) >= 11 is 5.66. The predicted octanol–water partition coefficient (Wildman–Crippen LogP) is 3.49. The van der Waals surface area contributed by atoms with Gasteiger partial charge in [-0.25, -0.2) is 4.39 Å². The minimum atomic E-state index is -0.486. The normalized spacial score (nSPS) is 10.3. The molecule has 2 rings (SSSR count). The number of carbonyl (C=O) groups excluding carboxylic acids is 1. The van der Waals surface area contributed by atoms with Crippen molar-refractivity contribution >= 4 is 23.1 Å². The second kappa shape index (κ2) is 5.19. The molecule has 0 unspecified atom stereocenters. The minimum absolute atomic E-state index is 0.0256. The van der Waals surface area contributed by atoms with Gasteiger partial charge in [0.15, 0.2) is 5.78 Å². The average molecular weight is 264 g/mol. The fraction of sp³-hybridized carbons (Fsp3) is 0.0714. The fourth-order valence-corrected chi connectivity index (χ4v) is 1.81. The molecule has 4 heteroatoms. The number of anilines is 1. The Morgan fingerprint density at radius 2 is 1.83 bits per heavy atom. The van der Waals surface area contributed by atoms with Gasteiger partial charge in [0.1, 0.15) is 5.82 Å². The fourth-order valence-electron chi connectivity index (χ4n) is 1.61. The zero-order chi connectivity index (χ0) is 13.1. The van der Waals surface area contributed by atoms with Crippen LogP contribution in [0, 0.1) is 5.82 Å². The standard InChI is InChI=1S/C14H11ClFNO/c15-12-7-9(1-6-13(12)16)8-14(18)10-2-4-11(17)5-3-10/h1-7H,8,17H2. The molecule has 92 valence electrons. The molecule has 0 radical (unpaired) electrons. The van der Waals surface area contributed by atoms with Crippen LogP contribution < -0.4 is 5.73 Å². The number of hydrogen-bond acceptors (Lipinski definition) is 2. The predicted molar refractivity (Wildman–Crippen MR) is 70.3 cm³/mol. The molecule has 2 aromatic carbocycles. The number of benzene rings is 2. The number of ketones is 1. The van der Waals surface area contributed by atoms with Crippen molar-refractivity contribution in [3.63, 3.8) is 0 Å². The van der Waals surface area contributed by atoms with Gasteiger partial charge in [0.05, 0.1) is 5.02 Å². The average Bonchev–Trinajstić information content (AvgIpc) is 2.34. The number of nitrogen functional groups attached to an aromatic ring is 1. The van der Waals surface area contributed by atoms with Crippen LogP contribution >= 0.6 is 11.6 Å². The first-order chi connectivity index (χ1) is 8.56. The van der Waals surface area contributed by atoms with Gasteiger partial charge in [0.25, 0.3) is 0 Å². The van der Waals surface area contributed by atoms with Crippen LogP contribution in [0.25, 0.3) is 0 Å². The third kappa shape index (κ3) is 2.87. The van der Waals surface area contributed by atoms with Gasteiger partial charge in [-0.15, -0.1) is 0 Å². The molecule has 0 aliphatic carbocycles. The van der Waals surface area contributed by atoms with E-state index in [1.54, 1.807) is 30.3 Å². The monoisotopic (exact) mass is 263 g/mol. The van der Waals surface area contributed by atoms with Gasteiger partial charge in [0, 0.05) is 17.7 Å². The van der Waals surface area contributed by atoms with Crippen molar-refractivity contribution in [2.24, 2.45) is 0 Å². The number of halogens is 2. The van der Waals surface area contributed by atoms with Crippen LogP contribution in [-0.4, -0.2) is 5.78 Å². The molecule has 0 bridgehead atoms. The number of carbonyl (C=O) groups is 1. The largest absolute Gasteiger partial charge is 0.399 e. The van der Waals surface area contributed by atoms with Gasteiger partial charge in [-0.05, 0) is 42.0 Å². The van der Waals surface area contributed by atoms with E-state index in [0.29, 0.717) is 16.8 Å². The molecule has 2 aromatic rings. The Bertz CT molecular complexity index is 581. The van der Waals surface area contributed by atoms with Crippen molar-refractivity contribution in [1.29, 1.82) is 0 Å². The minimum Gasteiger partial charge on any atom is -0.399 e. The van der Waals surface area contributed by atoms with Crippen molar-refractivity contribution in [3.05, 3.63) is 64.4 Å². The molecule has 0 aromatic heterocycles. The highest BCUT2D eigenvalue weighted by molar-refractivity contribution is 6.30. The van der Waals surface area contributed by atoms with Gasteiger partial charge >= 0.3 is 0 Å². The first-order valence-corrected chi connectivity index (χ1v) is 5.77. The highest BCUT2D eigenvalue weighted by Crippen LogP contribution is 2.17. The Hall–Kier alpha value is -1.87. The maximum Gasteiger partial charge on any atom is 0.167 e. The van der Waals surface area contributed by atoms with Gasteiger partial charge in [0.2, 0.25) is 0 Å². The summed E-state index contributed by atoms with van der Waals surface area (Å²) in [6, 6.07) is 11.0. The van der Waals surface area contributed by atoms with Gasteiger partial charge < -0.3 is 5.73 Å². The molecular formula is C14H11ClFNO. The van der Waals surface area contributed by atoms with Crippen molar-refractivity contribution < 1.29 is 9.18 Å². The van der Waals surface area contributed by atoms with Crippen LogP contribution in [-0.2, 0) is 6.42 Å². The summed E-state index contributed by atoms with van der Waals surface area (Å²) in [5, 5.41) is 0.0256. The first-order valence-electron chi connectivity index (χ1n) is 5.39. The summed E-state index contributed by atoms with van der Waals surface area (Å²) < 4.78 is 13.0. The molecule has 2 nitrogen and oxygen atoms in total. The highest BCUT2D eigenvalue weighted by atomic mass is 35.5. The van der Waals surface area contributed by atoms with Gasteiger partial charge in [-0.3, -0.25) is 4.79 Å². The van der Waals surface area contributed by atoms with Gasteiger partial charge in [-0.1, -0.05) is 17.7 Å². The summed E-state index contributed by atoms with van der Waals surface area (Å²) in [5.41, 5.74) is 7.41. The molecule has 0 atom stereocenters. The van der Waals surface area contributed by atoms with E-state index in [4.69, 9.17) is 17.3 Å². The molecule has 0 aliphatic rings. The number of rotatable bonds is 3. The number of nitrogens with two attached hydrogens (primary N) is 1. The van der Waals surface area contributed by atoms with E-state index in [0.717, 1.165) is 0 Å². The lowest BCUT2D eigenvalue weighted by Crippen LogP contribution is -2.03. The van der Waals surface area contributed by atoms with Crippen LogP contribution in [0.1, 0.15) is 15.9 Å². The van der Waals surface area contributed by atoms with Crippen LogP contribution in [0.2, 0.25) is 5.02 Å². The van der Waals surface area contributed by atoms with Crippen LogP contribution in [0.3, 0.4) is 0 Å². The van der Waals surface area contributed by atoms with Crippen molar-refractivity contribution in [2.45, 2.75) is 6.42 Å². The van der Waals surface area contributed by atoms with Gasteiger partial charge in [-0.2, -0.15) is 0 Å². The van der Waals surface area contributed by atoms with Crippen LogP contribution in [0.5, 0.6) is 0 Å². The molecule has 0 fully saturated rings. The molecule has 2 N–H and O–H groups in total. The quantitative estimate of drug-likeness (QED) is 0.680. The summed E-state index contributed by atoms with van der Waals surface area (Å²) in [4.78, 5) is 11.9. The molecule has 0 saturated carbocycles. The van der Waals surface area contributed by atoms with E-state index in [1.807, 2.05) is 0 Å². The van der Waals surface area contributed by atoms with Crippen molar-refractivity contribution in [1.82, 2.24) is 0 Å². The maximum absolute atomic E-state index is 13.0. The lowest BCUT2D eigenvalue weighted by Gasteiger charge is -2.03. The zero-order valence-electron chi connectivity index (χ0n) is 9.49. The Morgan fingerprint density at radius 3 is 2.44 bits per heavy atom. The highest BCUT2D eigenvalue weighted by Gasteiger charge is 2.08. The first kappa shape index (κ1) is 12.6. The molecule has 18 heavy (non-hydrogen) atoms. The zero-order valence-corrected chi connectivity index (χ0v) is 10.2. The molecule has 0 spiro atoms. The number of Topliss-reactive ketones (excluding diaryl/α,β-unsaturated/α-hetero) is 1. The van der Waals surface area contributed by atoms with E-state index >= 15 is 0 Å². The maximum atomic E-state index is 13.0. The summed E-state index contributed by atoms with van der Waals surface area (Å²) in [6.45, 7) is 0. The summed E-state index contributed by atoms with van der Waals surface area (Å²) in [6.07, 6.45) is 0.184. The number of hydrogen-bond donors (Lipinski definition) is 1. The Kier molecular flexibility index (Phi) is 3.63. The van der Waals surface area contributed by atoms with E-state index in [1.165, 1.54) is 12.1 Å². The van der Waals surface area contributed by atoms with E-state index in [-0.39, 0.29) is 17.2 Å². The molecular weight excluding hydrogens is 253 g/mol. The van der Waals surface area contributed by atoms with Crippen LogP contribution in [0.4, 0.5) is 10.1 Å². The Balaban J connectivity index is 2.16. The third-order valence-electron chi connectivity index (χ3n) is 2.58. The second-order valence-electron chi connectivity index (χ2n) is 3.97. The Labute approximate surface area is 109 Å². The molecule has 0 heterocycles. The summed E-state index contributed by atoms with van der Waals surface area (Å²) in [7, 11) is 0. The summed E-state index contributed by atoms with van der Waals surface area (Å²) in [5.74, 6) is -0.543. The second-order valence-corrected chi connectivity index (χ2v) is 4.38.